The minimum absolute atomic E-state index is 0.0249. The number of rotatable bonds is 29. The molecule has 0 bridgehead atoms. The standard InChI is InChI=1S/C56H98N12O9/c1-6-7-8-9-10-11-12-13-14-15-19-22-49(70)62-41(23-28-57)52(73)66-45-27-32-61-51(72)47(34-38(4)5)68-55(76)44(26-31-60)64-53(74)42(24-29-58)63-50(71)40(35-39-20-17-16-18-21-39)36-48(69)46(33-37(2)3)67-54(75)43(25-30-59)65-56(45)77/h16-18,20-21,37-38,40-47H,6-15,19,22-36,57-60H2,1-5H3,(H,61,72)(H,62,70)(H,63,71)(H,64,74)(H,65,77)(H,66,73)(H,67,75)(H,68,76)/t40-,41+,42-,43-,44-,45-,46-,47-/m0/s1. The Hall–Kier alpha value is -5.51. The number of hydrogen-bond donors (Lipinski definition) is 12. The van der Waals surface area contributed by atoms with Crippen LogP contribution >= 0.6 is 0 Å². The van der Waals surface area contributed by atoms with Crippen LogP contribution < -0.4 is 65.5 Å². The van der Waals surface area contributed by atoms with Crippen LogP contribution in [-0.4, -0.2) is 128 Å². The first-order chi connectivity index (χ1) is 36.9. The van der Waals surface area contributed by atoms with Crippen LogP contribution in [0.15, 0.2) is 30.3 Å². The molecule has 21 nitrogen and oxygen atoms in total. The van der Waals surface area contributed by atoms with Crippen molar-refractivity contribution < 1.29 is 43.2 Å². The minimum Gasteiger partial charge on any atom is -0.354 e. The number of nitrogens with two attached hydrogens (primary N) is 4. The lowest BCUT2D eigenvalue weighted by atomic mass is 9.88. The zero-order valence-corrected chi connectivity index (χ0v) is 47.0. The number of amides is 8. The Balaban J connectivity index is 2.56. The third kappa shape index (κ3) is 27.6. The van der Waals surface area contributed by atoms with E-state index in [1.807, 2.05) is 33.8 Å². The summed E-state index contributed by atoms with van der Waals surface area (Å²) in [5, 5.41) is 22.0. The molecule has 1 aromatic carbocycles. The van der Waals surface area contributed by atoms with Gasteiger partial charge in [0.2, 0.25) is 47.3 Å². The molecule has 21 heteroatoms. The molecule has 1 fully saturated rings. The Morgan fingerprint density at radius 1 is 0.571 bits per heavy atom. The van der Waals surface area contributed by atoms with Gasteiger partial charge in [-0.2, -0.15) is 0 Å². The number of Topliss-reactive ketones (excluding diaryl/α,β-unsaturated/α-hetero) is 1. The maximum atomic E-state index is 14.4. The van der Waals surface area contributed by atoms with Crippen LogP contribution in [0.3, 0.4) is 0 Å². The average molecular weight is 1080 g/mol. The van der Waals surface area contributed by atoms with Gasteiger partial charge >= 0.3 is 0 Å². The van der Waals surface area contributed by atoms with E-state index in [1.165, 1.54) is 38.5 Å². The monoisotopic (exact) mass is 1080 g/mol. The number of unbranched alkanes of at least 4 members (excludes halogenated alkanes) is 10. The van der Waals surface area contributed by atoms with Gasteiger partial charge in [-0.1, -0.05) is 129 Å². The lowest BCUT2D eigenvalue weighted by Gasteiger charge is -2.28. The van der Waals surface area contributed by atoms with Gasteiger partial charge in [-0.3, -0.25) is 43.2 Å². The SMILES string of the molecule is CCCCCCCCCCCCCC(=O)N[C@H](CCN)C(=O)N[C@H]1CCNC(=O)[C@H](CC(C)C)NC(=O)[C@H](CCN)NC(=O)[C@H](CCN)NC(=O)[C@@H](Cc2ccccc2)CC(=O)[C@H](CC(C)C)NC(=O)[C@H](CCN)NC1=O. The van der Waals surface area contributed by atoms with Crippen LogP contribution in [0, 0.1) is 17.8 Å². The van der Waals surface area contributed by atoms with E-state index in [2.05, 4.69) is 49.5 Å². The van der Waals surface area contributed by atoms with Gasteiger partial charge in [0.05, 0.1) is 6.04 Å². The van der Waals surface area contributed by atoms with Gasteiger partial charge in [0.1, 0.15) is 36.3 Å². The molecule has 8 amide bonds. The molecule has 0 saturated carbocycles. The Morgan fingerprint density at radius 2 is 1.04 bits per heavy atom. The fraction of sp³-hybridized carbons (Fsp3) is 0.732. The molecule has 0 spiro atoms. The largest absolute Gasteiger partial charge is 0.354 e. The van der Waals surface area contributed by atoms with Crippen molar-refractivity contribution in [1.29, 1.82) is 0 Å². The lowest BCUT2D eigenvalue weighted by molar-refractivity contribution is -0.136. The molecule has 0 aliphatic carbocycles. The van der Waals surface area contributed by atoms with Crippen LogP contribution in [0.4, 0.5) is 0 Å². The van der Waals surface area contributed by atoms with Crippen molar-refractivity contribution in [2.45, 2.75) is 212 Å². The van der Waals surface area contributed by atoms with E-state index in [9.17, 15) is 43.2 Å². The molecule has 1 saturated heterocycles. The Morgan fingerprint density at radius 3 is 1.55 bits per heavy atom. The minimum atomic E-state index is -1.39. The molecule has 0 aromatic heterocycles. The van der Waals surface area contributed by atoms with Crippen molar-refractivity contribution in [3.8, 4) is 0 Å². The summed E-state index contributed by atoms with van der Waals surface area (Å²) in [4.78, 5) is 127. The van der Waals surface area contributed by atoms with Crippen molar-refractivity contribution >= 4 is 53.0 Å². The molecule has 0 radical (unpaired) electrons. The topological polar surface area (TPSA) is 354 Å². The van der Waals surface area contributed by atoms with E-state index >= 15 is 0 Å². The number of nitrogens with one attached hydrogen (secondary N) is 8. The molecule has 2 rings (SSSR count). The first-order valence-corrected chi connectivity index (χ1v) is 28.6. The number of carbonyl (C=O) groups excluding carboxylic acids is 9. The van der Waals surface area contributed by atoms with Gasteiger partial charge in [0.25, 0.3) is 0 Å². The fourth-order valence-electron chi connectivity index (χ4n) is 9.33. The summed E-state index contributed by atoms with van der Waals surface area (Å²) >= 11 is 0. The maximum absolute atomic E-state index is 14.4. The van der Waals surface area contributed by atoms with Crippen LogP contribution in [0.25, 0.3) is 0 Å². The smallest absolute Gasteiger partial charge is 0.243 e. The second kappa shape index (κ2) is 38.9. The van der Waals surface area contributed by atoms with Gasteiger partial charge in [-0.05, 0) is 101 Å². The average Bonchev–Trinajstić information content (AvgIpc) is 3.38. The van der Waals surface area contributed by atoms with E-state index < -0.39 is 95.3 Å². The Bertz CT molecular complexity index is 1960. The number of benzene rings is 1. The van der Waals surface area contributed by atoms with Crippen molar-refractivity contribution in [2.75, 3.05) is 32.7 Å². The van der Waals surface area contributed by atoms with Crippen LogP contribution in [0.2, 0.25) is 0 Å². The summed E-state index contributed by atoms with van der Waals surface area (Å²) in [5.74, 6) is -7.07. The summed E-state index contributed by atoms with van der Waals surface area (Å²) in [6, 6.07) is 0.458. The maximum Gasteiger partial charge on any atom is 0.243 e. The van der Waals surface area contributed by atoms with E-state index in [1.54, 1.807) is 24.3 Å². The molecule has 77 heavy (non-hydrogen) atoms. The third-order valence-corrected chi connectivity index (χ3v) is 13.6. The Kier molecular flexibility index (Phi) is 34.2. The summed E-state index contributed by atoms with van der Waals surface area (Å²) < 4.78 is 0. The quantitative estimate of drug-likeness (QED) is 0.0511. The summed E-state index contributed by atoms with van der Waals surface area (Å²) in [6.45, 7) is 9.34. The van der Waals surface area contributed by atoms with E-state index in [0.717, 1.165) is 31.2 Å². The molecule has 0 unspecified atom stereocenters. The Labute approximate surface area is 458 Å². The summed E-state index contributed by atoms with van der Waals surface area (Å²) in [5.41, 5.74) is 24.5. The first kappa shape index (κ1) is 67.6. The predicted molar refractivity (Wildman–Crippen MR) is 299 cm³/mol. The normalized spacial score (nSPS) is 22.3. The van der Waals surface area contributed by atoms with Crippen molar-refractivity contribution in [1.82, 2.24) is 42.5 Å². The van der Waals surface area contributed by atoms with Gasteiger partial charge in [-0.15, -0.1) is 0 Å². The van der Waals surface area contributed by atoms with Crippen LogP contribution in [0.5, 0.6) is 0 Å². The molecule has 436 valence electrons. The van der Waals surface area contributed by atoms with Crippen molar-refractivity contribution in [2.24, 2.45) is 40.7 Å². The lowest BCUT2D eigenvalue weighted by Crippen LogP contribution is -2.59. The molecular formula is C56H98N12O9. The number of carbonyl (C=O) groups is 9. The van der Waals surface area contributed by atoms with Crippen molar-refractivity contribution in [3.63, 3.8) is 0 Å². The molecule has 1 heterocycles. The second-order valence-corrected chi connectivity index (χ2v) is 21.5. The molecule has 16 N–H and O–H groups in total. The summed E-state index contributed by atoms with van der Waals surface area (Å²) in [6.07, 6.45) is 12.2. The molecule has 1 aliphatic heterocycles. The van der Waals surface area contributed by atoms with E-state index in [4.69, 9.17) is 22.9 Å². The predicted octanol–water partition coefficient (Wildman–Crippen LogP) is 1.91. The van der Waals surface area contributed by atoms with Gasteiger partial charge in [0, 0.05) is 25.3 Å². The van der Waals surface area contributed by atoms with Crippen LogP contribution in [0.1, 0.15) is 169 Å². The number of ketones is 1. The fourth-order valence-corrected chi connectivity index (χ4v) is 9.33. The third-order valence-electron chi connectivity index (χ3n) is 13.6. The highest BCUT2D eigenvalue weighted by Gasteiger charge is 2.36. The van der Waals surface area contributed by atoms with Crippen molar-refractivity contribution in [3.05, 3.63) is 35.9 Å². The van der Waals surface area contributed by atoms with Gasteiger partial charge in [-0.25, -0.2) is 0 Å². The zero-order valence-electron chi connectivity index (χ0n) is 47.0. The zero-order chi connectivity index (χ0) is 57.1. The van der Waals surface area contributed by atoms with Gasteiger partial charge in [0.15, 0.2) is 5.78 Å². The van der Waals surface area contributed by atoms with E-state index in [0.29, 0.717) is 6.42 Å². The van der Waals surface area contributed by atoms with Crippen LogP contribution in [-0.2, 0) is 49.6 Å². The number of hydrogen-bond acceptors (Lipinski definition) is 13. The molecule has 8 atom stereocenters. The summed E-state index contributed by atoms with van der Waals surface area (Å²) in [7, 11) is 0. The van der Waals surface area contributed by atoms with Gasteiger partial charge < -0.3 is 65.5 Å². The van der Waals surface area contributed by atoms with E-state index in [-0.39, 0.29) is 115 Å². The highest BCUT2D eigenvalue weighted by Crippen LogP contribution is 2.19. The molecule has 1 aromatic rings. The molecule has 1 aliphatic rings. The molecular weight excluding hydrogens is 985 g/mol. The first-order valence-electron chi connectivity index (χ1n) is 28.6. The highest BCUT2D eigenvalue weighted by atomic mass is 16.2. The second-order valence-electron chi connectivity index (χ2n) is 21.5. The highest BCUT2D eigenvalue weighted by molar-refractivity contribution is 5.98.